The number of pyridine rings is 1. The second-order valence-electron chi connectivity index (χ2n) is 4.00. The summed E-state index contributed by atoms with van der Waals surface area (Å²) >= 11 is 0. The minimum Gasteiger partial charge on any atom is -0.352 e. The number of hydrogen-bond acceptors (Lipinski definition) is 6. The molecule has 0 unspecified atom stereocenters. The lowest BCUT2D eigenvalue weighted by Gasteiger charge is -1.96. The lowest BCUT2D eigenvalue weighted by atomic mass is 10.4. The summed E-state index contributed by atoms with van der Waals surface area (Å²) in [4.78, 5) is 8.28. The highest BCUT2D eigenvalue weighted by molar-refractivity contribution is 5.42. The zero-order chi connectivity index (χ0) is 13.2. The van der Waals surface area contributed by atoms with Crippen LogP contribution in [0.3, 0.4) is 0 Å². The molecule has 0 aliphatic heterocycles. The van der Waals surface area contributed by atoms with Gasteiger partial charge in [-0.15, -0.1) is 5.10 Å². The number of nitrogens with one attached hydrogen (secondary N) is 1. The van der Waals surface area contributed by atoms with Gasteiger partial charge in [0.2, 0.25) is 11.8 Å². The summed E-state index contributed by atoms with van der Waals surface area (Å²) in [5.74, 6) is 1.24. The minimum absolute atomic E-state index is 0.356. The Kier molecular flexibility index (Phi) is 2.82. The molecule has 0 radical (unpaired) electrons. The number of halogens is 1. The van der Waals surface area contributed by atoms with Crippen LogP contribution in [0.4, 0.5) is 10.3 Å². The molecule has 0 aliphatic carbocycles. The molecule has 8 heteroatoms. The minimum atomic E-state index is -0.356. The summed E-state index contributed by atoms with van der Waals surface area (Å²) < 4.78 is 19.3. The third-order valence-electron chi connectivity index (χ3n) is 2.49. The standard InChI is InChI=1S/C11H11FN6O/c1-7-14-10(19-17-7)4-5-13-11-15-9-3-2-8(12)6-18(9)16-11/h2-3,6H,4-5H2,1H3,(H,13,16). The molecule has 19 heavy (non-hydrogen) atoms. The molecule has 98 valence electrons. The van der Waals surface area contributed by atoms with Crippen molar-refractivity contribution in [3.05, 3.63) is 35.9 Å². The van der Waals surface area contributed by atoms with Gasteiger partial charge in [0.25, 0.3) is 0 Å². The van der Waals surface area contributed by atoms with Crippen LogP contribution in [0, 0.1) is 12.7 Å². The molecule has 1 N–H and O–H groups in total. The Morgan fingerprint density at radius 2 is 2.26 bits per heavy atom. The summed E-state index contributed by atoms with van der Waals surface area (Å²) in [7, 11) is 0. The predicted molar refractivity (Wildman–Crippen MR) is 64.2 cm³/mol. The Morgan fingerprint density at radius 3 is 3.05 bits per heavy atom. The van der Waals surface area contributed by atoms with Gasteiger partial charge in [0.15, 0.2) is 11.5 Å². The SMILES string of the molecule is Cc1noc(CCNc2nc3ccc(F)cn3n2)n1. The summed E-state index contributed by atoms with van der Waals surface area (Å²) in [5.41, 5.74) is 0.581. The van der Waals surface area contributed by atoms with Crippen LogP contribution in [0.2, 0.25) is 0 Å². The third-order valence-corrected chi connectivity index (χ3v) is 2.49. The first-order valence-corrected chi connectivity index (χ1v) is 5.76. The van der Waals surface area contributed by atoms with E-state index < -0.39 is 0 Å². The average molecular weight is 262 g/mol. The van der Waals surface area contributed by atoms with Gasteiger partial charge in [-0.05, 0) is 19.1 Å². The number of aryl methyl sites for hydroxylation is 1. The van der Waals surface area contributed by atoms with E-state index in [0.717, 1.165) is 0 Å². The molecule has 0 aromatic carbocycles. The van der Waals surface area contributed by atoms with Crippen molar-refractivity contribution in [3.8, 4) is 0 Å². The smallest absolute Gasteiger partial charge is 0.243 e. The summed E-state index contributed by atoms with van der Waals surface area (Å²) in [6, 6.07) is 2.91. The lowest BCUT2D eigenvalue weighted by molar-refractivity contribution is 0.377. The summed E-state index contributed by atoms with van der Waals surface area (Å²) in [6.07, 6.45) is 1.85. The van der Waals surface area contributed by atoms with Crippen LogP contribution in [0.25, 0.3) is 5.65 Å². The number of nitrogens with zero attached hydrogens (tertiary/aromatic N) is 5. The van der Waals surface area contributed by atoms with Crippen molar-refractivity contribution in [2.75, 3.05) is 11.9 Å². The van der Waals surface area contributed by atoms with E-state index in [1.54, 1.807) is 13.0 Å². The van der Waals surface area contributed by atoms with E-state index in [-0.39, 0.29) is 5.82 Å². The molecular formula is C11H11FN6O. The van der Waals surface area contributed by atoms with Crippen LogP contribution < -0.4 is 5.32 Å². The first-order chi connectivity index (χ1) is 9.20. The largest absolute Gasteiger partial charge is 0.352 e. The fourth-order valence-electron chi connectivity index (χ4n) is 1.66. The fourth-order valence-corrected chi connectivity index (χ4v) is 1.66. The average Bonchev–Trinajstić information content (AvgIpc) is 2.95. The predicted octanol–water partition coefficient (Wildman–Crippen LogP) is 1.21. The van der Waals surface area contributed by atoms with Gasteiger partial charge in [0, 0.05) is 13.0 Å². The van der Waals surface area contributed by atoms with Crippen molar-refractivity contribution in [1.82, 2.24) is 24.7 Å². The van der Waals surface area contributed by atoms with Crippen molar-refractivity contribution in [3.63, 3.8) is 0 Å². The Hall–Kier alpha value is -2.51. The number of hydrogen-bond donors (Lipinski definition) is 1. The van der Waals surface area contributed by atoms with Gasteiger partial charge in [-0.2, -0.15) is 9.97 Å². The maximum Gasteiger partial charge on any atom is 0.243 e. The number of fused-ring (bicyclic) bond motifs is 1. The van der Waals surface area contributed by atoms with Crippen LogP contribution in [0.5, 0.6) is 0 Å². The second kappa shape index (κ2) is 4.63. The first kappa shape index (κ1) is 11.6. The van der Waals surface area contributed by atoms with Crippen molar-refractivity contribution in [2.24, 2.45) is 0 Å². The van der Waals surface area contributed by atoms with E-state index in [9.17, 15) is 4.39 Å². The molecule has 0 bridgehead atoms. The number of aromatic nitrogens is 5. The van der Waals surface area contributed by atoms with Crippen LogP contribution in [-0.2, 0) is 6.42 Å². The summed E-state index contributed by atoms with van der Waals surface area (Å²) in [6.45, 7) is 2.32. The molecule has 7 nitrogen and oxygen atoms in total. The van der Waals surface area contributed by atoms with E-state index in [0.29, 0.717) is 36.3 Å². The molecule has 3 aromatic heterocycles. The third kappa shape index (κ3) is 2.51. The van der Waals surface area contributed by atoms with E-state index in [4.69, 9.17) is 4.52 Å². The van der Waals surface area contributed by atoms with E-state index in [1.807, 2.05) is 0 Å². The molecule has 3 rings (SSSR count). The van der Waals surface area contributed by atoms with Gasteiger partial charge < -0.3 is 9.84 Å². The van der Waals surface area contributed by atoms with Crippen molar-refractivity contribution < 1.29 is 8.91 Å². The fraction of sp³-hybridized carbons (Fsp3) is 0.273. The molecule has 0 saturated carbocycles. The van der Waals surface area contributed by atoms with Crippen LogP contribution in [0.15, 0.2) is 22.9 Å². The van der Waals surface area contributed by atoms with Gasteiger partial charge in [0.05, 0.1) is 6.20 Å². The number of anilines is 1. The van der Waals surface area contributed by atoms with Crippen molar-refractivity contribution >= 4 is 11.6 Å². The monoisotopic (exact) mass is 262 g/mol. The van der Waals surface area contributed by atoms with Crippen LogP contribution in [0.1, 0.15) is 11.7 Å². The summed E-state index contributed by atoms with van der Waals surface area (Å²) in [5, 5.41) is 10.8. The van der Waals surface area contributed by atoms with E-state index >= 15 is 0 Å². The molecule has 0 aliphatic rings. The first-order valence-electron chi connectivity index (χ1n) is 5.76. The lowest BCUT2D eigenvalue weighted by Crippen LogP contribution is -2.06. The van der Waals surface area contributed by atoms with Gasteiger partial charge in [-0.1, -0.05) is 5.16 Å². The highest BCUT2D eigenvalue weighted by atomic mass is 19.1. The Morgan fingerprint density at radius 1 is 1.37 bits per heavy atom. The maximum atomic E-state index is 13.0. The Labute approximate surface area is 107 Å². The molecule has 3 heterocycles. The van der Waals surface area contributed by atoms with Crippen LogP contribution in [-0.4, -0.2) is 31.3 Å². The quantitative estimate of drug-likeness (QED) is 0.761. The van der Waals surface area contributed by atoms with Gasteiger partial charge >= 0.3 is 0 Å². The van der Waals surface area contributed by atoms with Gasteiger partial charge in [0.1, 0.15) is 5.82 Å². The zero-order valence-electron chi connectivity index (χ0n) is 10.2. The highest BCUT2D eigenvalue weighted by Gasteiger charge is 2.05. The Bertz CT molecular complexity index is 706. The molecule has 0 fully saturated rings. The normalized spacial score (nSPS) is 11.1. The molecule has 3 aromatic rings. The maximum absolute atomic E-state index is 13.0. The molecule has 0 amide bonds. The molecule has 0 atom stereocenters. The van der Waals surface area contributed by atoms with E-state index in [2.05, 4.69) is 25.5 Å². The highest BCUT2D eigenvalue weighted by Crippen LogP contribution is 2.07. The van der Waals surface area contributed by atoms with Crippen molar-refractivity contribution in [1.29, 1.82) is 0 Å². The topological polar surface area (TPSA) is 81.1 Å². The molecular weight excluding hydrogens is 251 g/mol. The van der Waals surface area contributed by atoms with Crippen LogP contribution >= 0.6 is 0 Å². The van der Waals surface area contributed by atoms with Crippen molar-refractivity contribution in [2.45, 2.75) is 13.3 Å². The Balaban J connectivity index is 1.65. The molecule has 0 spiro atoms. The van der Waals surface area contributed by atoms with Gasteiger partial charge in [-0.25, -0.2) is 8.91 Å². The second-order valence-corrected chi connectivity index (χ2v) is 4.00. The zero-order valence-corrected chi connectivity index (χ0v) is 10.2. The number of rotatable bonds is 4. The van der Waals surface area contributed by atoms with E-state index in [1.165, 1.54) is 16.8 Å². The molecule has 0 saturated heterocycles. The van der Waals surface area contributed by atoms with Gasteiger partial charge in [-0.3, -0.25) is 0 Å².